The van der Waals surface area contributed by atoms with Crippen LogP contribution in [0.4, 0.5) is 5.82 Å². The fourth-order valence-corrected chi connectivity index (χ4v) is 3.42. The van der Waals surface area contributed by atoms with E-state index in [4.69, 9.17) is 0 Å². The molecule has 3 rings (SSSR count). The zero-order chi connectivity index (χ0) is 17.8. The van der Waals surface area contributed by atoms with Crippen LogP contribution in [0.2, 0.25) is 0 Å². The van der Waals surface area contributed by atoms with Gasteiger partial charge in [-0.15, -0.1) is 0 Å². The fraction of sp³-hybridized carbons (Fsp3) is 0.474. The summed E-state index contributed by atoms with van der Waals surface area (Å²) in [5.41, 5.74) is 1.95. The van der Waals surface area contributed by atoms with Crippen molar-refractivity contribution in [1.82, 2.24) is 15.1 Å². The van der Waals surface area contributed by atoms with Gasteiger partial charge in [0.05, 0.1) is 5.69 Å². The molecule has 2 aromatic rings. The molecule has 1 aromatic heterocycles. The molecule has 2 atom stereocenters. The molecule has 1 aliphatic heterocycles. The Kier molecular flexibility index (Phi) is 5.38. The number of rotatable bonds is 5. The maximum Gasteiger partial charge on any atom is 0.249 e. The first-order valence-electron chi connectivity index (χ1n) is 8.81. The third-order valence-corrected chi connectivity index (χ3v) is 4.64. The number of hydrogen-bond donors (Lipinski definition) is 2. The van der Waals surface area contributed by atoms with Gasteiger partial charge in [-0.1, -0.05) is 30.3 Å². The molecule has 1 aromatic carbocycles. The number of nitrogens with zero attached hydrogens (tertiary/aromatic N) is 3. The van der Waals surface area contributed by atoms with Crippen LogP contribution < -0.4 is 10.2 Å². The number of aliphatic hydroxyl groups excluding tert-OH is 1. The second kappa shape index (κ2) is 7.70. The highest BCUT2D eigenvalue weighted by Crippen LogP contribution is 2.20. The second-order valence-corrected chi connectivity index (χ2v) is 6.77. The van der Waals surface area contributed by atoms with Gasteiger partial charge in [0.2, 0.25) is 5.91 Å². The van der Waals surface area contributed by atoms with E-state index >= 15 is 0 Å². The van der Waals surface area contributed by atoms with Crippen molar-refractivity contribution in [2.24, 2.45) is 7.05 Å². The van der Waals surface area contributed by atoms with Crippen molar-refractivity contribution in [3.05, 3.63) is 47.7 Å². The van der Waals surface area contributed by atoms with Gasteiger partial charge in [-0.3, -0.25) is 9.48 Å². The average molecular weight is 342 g/mol. The van der Waals surface area contributed by atoms with Crippen LogP contribution in [0.3, 0.4) is 0 Å². The Morgan fingerprint density at radius 2 is 2.16 bits per heavy atom. The molecular weight excluding hydrogens is 316 g/mol. The molecule has 0 bridgehead atoms. The van der Waals surface area contributed by atoms with E-state index in [0.717, 1.165) is 43.0 Å². The number of amides is 1. The highest BCUT2D eigenvalue weighted by molar-refractivity contribution is 5.81. The summed E-state index contributed by atoms with van der Waals surface area (Å²) in [4.78, 5) is 14.6. The van der Waals surface area contributed by atoms with Crippen LogP contribution in [0.1, 0.15) is 24.1 Å². The molecule has 2 heterocycles. The molecule has 1 fully saturated rings. The molecule has 134 valence electrons. The number of aryl methyl sites for hydroxylation is 2. The molecule has 1 amide bonds. The highest BCUT2D eigenvalue weighted by atomic mass is 16.3. The maximum absolute atomic E-state index is 12.3. The highest BCUT2D eigenvalue weighted by Gasteiger charge is 2.25. The number of carbonyl (C=O) groups excluding carboxylic acids is 1. The van der Waals surface area contributed by atoms with Gasteiger partial charge in [-0.2, -0.15) is 5.10 Å². The average Bonchev–Trinajstić information content (AvgIpc) is 2.94. The number of benzene rings is 1. The molecule has 6 nitrogen and oxygen atoms in total. The van der Waals surface area contributed by atoms with Crippen LogP contribution in [0.15, 0.2) is 36.4 Å². The normalized spacial score (nSPS) is 18.8. The van der Waals surface area contributed by atoms with Gasteiger partial charge in [0.25, 0.3) is 0 Å². The number of aromatic nitrogens is 2. The second-order valence-electron chi connectivity index (χ2n) is 6.77. The van der Waals surface area contributed by atoms with Crippen LogP contribution in [-0.4, -0.2) is 46.0 Å². The van der Waals surface area contributed by atoms with Crippen LogP contribution in [-0.2, 0) is 18.3 Å². The van der Waals surface area contributed by atoms with Crippen LogP contribution in [0.5, 0.6) is 0 Å². The van der Waals surface area contributed by atoms with Crippen molar-refractivity contribution in [2.45, 2.75) is 38.3 Å². The van der Waals surface area contributed by atoms with E-state index in [1.165, 1.54) is 0 Å². The lowest BCUT2D eigenvalue weighted by atomic mass is 10.0. The first-order chi connectivity index (χ1) is 12.0. The Hall–Kier alpha value is -2.34. The van der Waals surface area contributed by atoms with Crippen LogP contribution in [0.25, 0.3) is 0 Å². The first kappa shape index (κ1) is 17.5. The number of anilines is 1. The van der Waals surface area contributed by atoms with Gasteiger partial charge in [0.15, 0.2) is 0 Å². The SMILES string of the molecule is Cc1cc(N2CCC[C@H](NC(=O)[C@@H](O)Cc3ccccc3)C2)n(C)n1. The third kappa shape index (κ3) is 4.39. The Morgan fingerprint density at radius 1 is 1.40 bits per heavy atom. The minimum Gasteiger partial charge on any atom is -0.383 e. The smallest absolute Gasteiger partial charge is 0.249 e. The third-order valence-electron chi connectivity index (χ3n) is 4.64. The summed E-state index contributed by atoms with van der Waals surface area (Å²) < 4.78 is 1.88. The van der Waals surface area contributed by atoms with Crippen molar-refractivity contribution in [3.8, 4) is 0 Å². The largest absolute Gasteiger partial charge is 0.383 e. The predicted octanol–water partition coefficient (Wildman–Crippen LogP) is 1.42. The summed E-state index contributed by atoms with van der Waals surface area (Å²) in [6.45, 7) is 3.67. The standard InChI is InChI=1S/C19H26N4O2/c1-14-11-18(22(2)21-14)23-10-6-9-16(13-23)20-19(25)17(24)12-15-7-4-3-5-8-15/h3-5,7-8,11,16-17,24H,6,9-10,12-13H2,1-2H3,(H,20,25)/t16-,17-/m0/s1. The monoisotopic (exact) mass is 342 g/mol. The molecule has 0 saturated carbocycles. The molecule has 0 unspecified atom stereocenters. The quantitative estimate of drug-likeness (QED) is 0.862. The lowest BCUT2D eigenvalue weighted by Gasteiger charge is -2.34. The summed E-state index contributed by atoms with van der Waals surface area (Å²) >= 11 is 0. The number of carbonyl (C=O) groups is 1. The molecule has 0 spiro atoms. The van der Waals surface area contributed by atoms with E-state index in [1.807, 2.05) is 49.0 Å². The van der Waals surface area contributed by atoms with Crippen LogP contribution in [0, 0.1) is 6.92 Å². The molecule has 6 heteroatoms. The maximum atomic E-state index is 12.3. The molecule has 2 N–H and O–H groups in total. The summed E-state index contributed by atoms with van der Waals surface area (Å²) in [5.74, 6) is 0.776. The van der Waals surface area contributed by atoms with Gasteiger partial charge in [-0.05, 0) is 25.3 Å². The zero-order valence-electron chi connectivity index (χ0n) is 14.9. The van der Waals surface area contributed by atoms with Crippen molar-refractivity contribution in [1.29, 1.82) is 0 Å². The van der Waals surface area contributed by atoms with Crippen molar-refractivity contribution >= 4 is 11.7 Å². The summed E-state index contributed by atoms with van der Waals surface area (Å²) in [6.07, 6.45) is 1.25. The van der Waals surface area contributed by atoms with E-state index in [-0.39, 0.29) is 11.9 Å². The number of nitrogens with one attached hydrogen (secondary N) is 1. The van der Waals surface area contributed by atoms with E-state index in [1.54, 1.807) is 0 Å². The Bertz CT molecular complexity index is 713. The molecule has 0 radical (unpaired) electrons. The Labute approximate surface area is 148 Å². The molecule has 0 aliphatic carbocycles. The molecule has 25 heavy (non-hydrogen) atoms. The van der Waals surface area contributed by atoms with E-state index in [0.29, 0.717) is 6.42 Å². The van der Waals surface area contributed by atoms with Crippen LogP contribution >= 0.6 is 0 Å². The lowest BCUT2D eigenvalue weighted by Crippen LogP contribution is -2.51. The van der Waals surface area contributed by atoms with Gasteiger partial charge >= 0.3 is 0 Å². The number of aliphatic hydroxyl groups is 1. The molecule has 1 aliphatic rings. The van der Waals surface area contributed by atoms with Crippen molar-refractivity contribution in [2.75, 3.05) is 18.0 Å². The lowest BCUT2D eigenvalue weighted by molar-refractivity contribution is -0.130. The van der Waals surface area contributed by atoms with Gasteiger partial charge < -0.3 is 15.3 Å². The topological polar surface area (TPSA) is 70.4 Å². The van der Waals surface area contributed by atoms with Crippen molar-refractivity contribution in [3.63, 3.8) is 0 Å². The first-order valence-corrected chi connectivity index (χ1v) is 8.81. The summed E-state index contributed by atoms with van der Waals surface area (Å²) in [5, 5.41) is 17.6. The van der Waals surface area contributed by atoms with Crippen molar-refractivity contribution < 1.29 is 9.90 Å². The summed E-state index contributed by atoms with van der Waals surface area (Å²) in [6, 6.07) is 11.7. The molecular formula is C19H26N4O2. The number of piperidine rings is 1. The van der Waals surface area contributed by atoms with E-state index < -0.39 is 6.10 Å². The molecule has 1 saturated heterocycles. The van der Waals surface area contributed by atoms with Gasteiger partial charge in [-0.25, -0.2) is 0 Å². The zero-order valence-corrected chi connectivity index (χ0v) is 14.9. The van der Waals surface area contributed by atoms with Gasteiger partial charge in [0.1, 0.15) is 11.9 Å². The van der Waals surface area contributed by atoms with E-state index in [9.17, 15) is 9.90 Å². The Morgan fingerprint density at radius 3 is 2.84 bits per heavy atom. The fourth-order valence-electron chi connectivity index (χ4n) is 3.42. The number of hydrogen-bond acceptors (Lipinski definition) is 4. The minimum absolute atomic E-state index is 0.0434. The van der Waals surface area contributed by atoms with E-state index in [2.05, 4.69) is 21.4 Å². The van der Waals surface area contributed by atoms with Gasteiger partial charge in [0, 0.05) is 38.7 Å². The summed E-state index contributed by atoms with van der Waals surface area (Å²) in [7, 11) is 1.94. The Balaban J connectivity index is 1.56. The predicted molar refractivity (Wildman–Crippen MR) is 97.5 cm³/mol. The minimum atomic E-state index is -1.02.